The number of hydrogen-bond acceptors (Lipinski definition) is 9. The van der Waals surface area contributed by atoms with Crippen molar-refractivity contribution in [3.63, 3.8) is 0 Å². The van der Waals surface area contributed by atoms with E-state index in [4.69, 9.17) is 23.7 Å². The summed E-state index contributed by atoms with van der Waals surface area (Å²) >= 11 is 0. The van der Waals surface area contributed by atoms with Crippen LogP contribution in [0.1, 0.15) is 45.4 Å². The van der Waals surface area contributed by atoms with Gasteiger partial charge >= 0.3 is 0 Å². The topological polar surface area (TPSA) is 121 Å². The van der Waals surface area contributed by atoms with Gasteiger partial charge in [0, 0.05) is 32.3 Å². The fraction of sp³-hybridized carbons (Fsp3) is 0.611. The number of ether oxygens (including phenoxy) is 5. The molecule has 4 rings (SSSR count). The predicted octanol–water partition coefficient (Wildman–Crippen LogP) is 4.59. The number of aliphatic hydroxyl groups is 2. The van der Waals surface area contributed by atoms with Gasteiger partial charge in [-0.25, -0.2) is 8.42 Å². The molecule has 2 unspecified atom stereocenters. The van der Waals surface area contributed by atoms with Gasteiger partial charge < -0.3 is 33.9 Å². The van der Waals surface area contributed by atoms with Gasteiger partial charge in [0.05, 0.1) is 79.3 Å². The quantitative estimate of drug-likeness (QED) is 0.183. The number of aliphatic hydroxyl groups excluding tert-OH is 2. The van der Waals surface area contributed by atoms with Crippen molar-refractivity contribution >= 4 is 9.84 Å². The maximum Gasteiger partial charge on any atom is 0.178 e. The second-order valence-corrected chi connectivity index (χ2v) is 14.8. The molecule has 0 aromatic heterocycles. The average molecular weight is 661 g/mol. The maximum absolute atomic E-state index is 13.5. The van der Waals surface area contributed by atoms with Crippen LogP contribution in [0.15, 0.2) is 84.3 Å². The predicted molar refractivity (Wildman–Crippen MR) is 177 cm³/mol. The molecule has 9 nitrogen and oxygen atoms in total. The lowest BCUT2D eigenvalue weighted by Gasteiger charge is -2.38. The summed E-state index contributed by atoms with van der Waals surface area (Å²) in [4.78, 5) is 0.240. The minimum absolute atomic E-state index is 0.0156. The van der Waals surface area contributed by atoms with E-state index in [1.165, 1.54) is 7.11 Å². The molecule has 0 amide bonds. The molecule has 3 saturated heterocycles. The normalized spacial score (nSPS) is 32.7. The van der Waals surface area contributed by atoms with Crippen LogP contribution in [0.2, 0.25) is 0 Å². The van der Waals surface area contributed by atoms with Gasteiger partial charge in [-0.15, -0.1) is 6.58 Å². The van der Waals surface area contributed by atoms with Crippen LogP contribution in [0.5, 0.6) is 0 Å². The summed E-state index contributed by atoms with van der Waals surface area (Å²) in [6.07, 6.45) is 6.34. The van der Waals surface area contributed by atoms with Crippen molar-refractivity contribution in [1.82, 2.24) is 0 Å². The highest BCUT2D eigenvalue weighted by Crippen LogP contribution is 2.41. The van der Waals surface area contributed by atoms with Gasteiger partial charge in [-0.05, 0) is 48.5 Å². The van der Waals surface area contributed by atoms with Crippen LogP contribution in [0.3, 0.4) is 0 Å². The van der Waals surface area contributed by atoms with E-state index in [2.05, 4.69) is 26.7 Å². The van der Waals surface area contributed by atoms with E-state index in [-0.39, 0.29) is 47.4 Å². The van der Waals surface area contributed by atoms with Crippen LogP contribution in [0.25, 0.3) is 0 Å². The zero-order chi connectivity index (χ0) is 33.3. The fourth-order valence-corrected chi connectivity index (χ4v) is 8.57. The van der Waals surface area contributed by atoms with Gasteiger partial charge in [-0.3, -0.25) is 0 Å². The molecule has 3 aliphatic rings. The summed E-state index contributed by atoms with van der Waals surface area (Å²) in [5, 5.41) is 19.7. The Morgan fingerprint density at radius 3 is 2.52 bits per heavy atom. The van der Waals surface area contributed by atoms with Crippen molar-refractivity contribution in [3.8, 4) is 0 Å². The molecular formula is C36H52O9S. The Kier molecular flexibility index (Phi) is 13.8. The first-order valence-electron chi connectivity index (χ1n) is 16.3. The molecule has 2 N–H and O–H groups in total. The van der Waals surface area contributed by atoms with Crippen LogP contribution in [-0.4, -0.2) is 100 Å². The molecule has 256 valence electrons. The van der Waals surface area contributed by atoms with Crippen LogP contribution >= 0.6 is 0 Å². The summed E-state index contributed by atoms with van der Waals surface area (Å²) in [5.74, 6) is -0.484. The van der Waals surface area contributed by atoms with Crippen LogP contribution < -0.4 is 0 Å². The fourth-order valence-electron chi connectivity index (χ4n) is 6.90. The Bertz CT molecular complexity index is 1280. The smallest absolute Gasteiger partial charge is 0.178 e. The lowest BCUT2D eigenvalue weighted by molar-refractivity contribution is -0.0785. The second-order valence-electron chi connectivity index (χ2n) is 12.8. The van der Waals surface area contributed by atoms with Crippen molar-refractivity contribution in [2.75, 3.05) is 32.7 Å². The molecule has 0 radical (unpaired) electrons. The lowest BCUT2D eigenvalue weighted by Crippen LogP contribution is -2.40. The van der Waals surface area contributed by atoms with E-state index in [9.17, 15) is 18.6 Å². The van der Waals surface area contributed by atoms with Gasteiger partial charge in [0.25, 0.3) is 0 Å². The zero-order valence-corrected chi connectivity index (χ0v) is 28.1. The van der Waals surface area contributed by atoms with E-state index >= 15 is 0 Å². The van der Waals surface area contributed by atoms with Gasteiger partial charge in [-0.1, -0.05) is 56.5 Å². The molecule has 0 saturated carbocycles. The third-order valence-electron chi connectivity index (χ3n) is 9.39. The van der Waals surface area contributed by atoms with Crippen molar-refractivity contribution in [1.29, 1.82) is 0 Å². The van der Waals surface area contributed by atoms with Crippen LogP contribution in [0.4, 0.5) is 0 Å². The Morgan fingerprint density at radius 1 is 1.07 bits per heavy atom. The second kappa shape index (κ2) is 17.3. The van der Waals surface area contributed by atoms with Gasteiger partial charge in [0.2, 0.25) is 0 Å². The van der Waals surface area contributed by atoms with Crippen molar-refractivity contribution in [2.24, 2.45) is 11.8 Å². The van der Waals surface area contributed by atoms with E-state index < -0.39 is 46.8 Å². The average Bonchev–Trinajstić information content (AvgIpc) is 3.55. The molecular weight excluding hydrogens is 608 g/mol. The van der Waals surface area contributed by atoms with Crippen molar-refractivity contribution < 1.29 is 42.3 Å². The standard InChI is InChI=1S/C36H52O9S/c1-6-16-42-17-10-11-28-19-25(3)32(43-28)15-14-29-18-24(2)26(4)33(44-29)21-34-31(23-46(39,40)30-12-8-7-9-13-30)36(41-5)35(45-34)20-27(38)22-37/h6-13,24,27-29,31-38H,1,3-4,14-23H2,2,5H3/b11-10+/t24-,27+,28+,29+,31+,32?,33?,34+,35-,36-/m1/s1. The third kappa shape index (κ3) is 9.70. The lowest BCUT2D eigenvalue weighted by atomic mass is 9.83. The number of benzene rings is 1. The molecule has 3 fully saturated rings. The minimum Gasteiger partial charge on any atom is -0.394 e. The van der Waals surface area contributed by atoms with Gasteiger partial charge in [0.15, 0.2) is 9.84 Å². The molecule has 3 heterocycles. The molecule has 1 aromatic carbocycles. The number of rotatable bonds is 17. The Hall–Kier alpha value is -2.15. The van der Waals surface area contributed by atoms with Crippen LogP contribution in [-0.2, 0) is 33.5 Å². The summed E-state index contributed by atoms with van der Waals surface area (Å²) in [6, 6.07) is 8.37. The highest BCUT2D eigenvalue weighted by molar-refractivity contribution is 7.91. The molecule has 1 aromatic rings. The zero-order valence-electron chi connectivity index (χ0n) is 27.2. The summed E-state index contributed by atoms with van der Waals surface area (Å²) in [6.45, 7) is 15.0. The minimum atomic E-state index is -3.66. The number of hydrogen-bond donors (Lipinski definition) is 2. The summed E-state index contributed by atoms with van der Waals surface area (Å²) in [5.41, 5.74) is 2.04. The first kappa shape index (κ1) is 36.7. The largest absolute Gasteiger partial charge is 0.394 e. The molecule has 0 aliphatic carbocycles. The van der Waals surface area contributed by atoms with Gasteiger partial charge in [-0.2, -0.15) is 0 Å². The molecule has 3 aliphatic heterocycles. The first-order chi connectivity index (χ1) is 22.1. The first-order valence-corrected chi connectivity index (χ1v) is 18.0. The maximum atomic E-state index is 13.5. The third-order valence-corrected chi connectivity index (χ3v) is 11.2. The molecule has 46 heavy (non-hydrogen) atoms. The van der Waals surface area contributed by atoms with E-state index in [1.54, 1.807) is 36.4 Å². The highest BCUT2D eigenvalue weighted by atomic mass is 32.2. The summed E-state index contributed by atoms with van der Waals surface area (Å²) in [7, 11) is -2.14. The van der Waals surface area contributed by atoms with Crippen molar-refractivity contribution in [2.45, 2.75) is 99.2 Å². The highest BCUT2D eigenvalue weighted by Gasteiger charge is 2.49. The van der Waals surface area contributed by atoms with E-state index in [0.717, 1.165) is 36.8 Å². The van der Waals surface area contributed by atoms with Crippen LogP contribution in [0, 0.1) is 11.8 Å². The van der Waals surface area contributed by atoms with E-state index in [1.807, 2.05) is 12.2 Å². The molecule has 10 atom stereocenters. The number of methoxy groups -OCH3 is 1. The molecule has 10 heteroatoms. The van der Waals surface area contributed by atoms with Gasteiger partial charge in [0.1, 0.15) is 0 Å². The SMILES string of the molecule is C=CCOC/C=C/[C@H]1CC(=C)C(CC[C@H]2C[C@@H](C)C(=C)C(C[C@@H]3O[C@H](C[C@H](O)CO)[C@H](OC)[C@H]3CS(=O)(=O)c3ccccc3)O2)O1. The Labute approximate surface area is 274 Å². The monoisotopic (exact) mass is 660 g/mol. The Morgan fingerprint density at radius 2 is 1.83 bits per heavy atom. The molecule has 0 bridgehead atoms. The van der Waals surface area contributed by atoms with Crippen molar-refractivity contribution in [3.05, 3.63) is 79.4 Å². The summed E-state index contributed by atoms with van der Waals surface area (Å²) < 4.78 is 57.6. The molecule has 0 spiro atoms. The Balaban J connectivity index is 1.42. The number of sulfone groups is 1. The van der Waals surface area contributed by atoms with E-state index in [0.29, 0.717) is 19.6 Å².